The lowest BCUT2D eigenvalue weighted by Gasteiger charge is -2.21. The average molecular weight is 185 g/mol. The van der Waals surface area contributed by atoms with Gasteiger partial charge < -0.3 is 10.1 Å². The molecule has 0 amide bonds. The minimum Gasteiger partial charge on any atom is -0.461 e. The van der Waals surface area contributed by atoms with E-state index in [0.717, 1.165) is 19.4 Å². The van der Waals surface area contributed by atoms with Gasteiger partial charge in [-0.2, -0.15) is 0 Å². The fraction of sp³-hybridized carbons (Fsp3) is 0.900. The minimum absolute atomic E-state index is 0.103. The molecule has 1 saturated carbocycles. The molecule has 76 valence electrons. The van der Waals surface area contributed by atoms with Crippen molar-refractivity contribution in [1.29, 1.82) is 0 Å². The van der Waals surface area contributed by atoms with E-state index < -0.39 is 0 Å². The highest BCUT2D eigenvalue weighted by Crippen LogP contribution is 2.20. The summed E-state index contributed by atoms with van der Waals surface area (Å²) in [6.45, 7) is 3.15. The van der Waals surface area contributed by atoms with Gasteiger partial charge in [-0.15, -0.1) is 0 Å². The maximum Gasteiger partial charge on any atom is 0.320 e. The largest absolute Gasteiger partial charge is 0.461 e. The molecule has 3 heteroatoms. The van der Waals surface area contributed by atoms with Gasteiger partial charge in [0.1, 0.15) is 6.10 Å². The highest BCUT2D eigenvalue weighted by atomic mass is 16.5. The first-order chi connectivity index (χ1) is 6.33. The van der Waals surface area contributed by atoms with Crippen LogP contribution >= 0.6 is 0 Å². The van der Waals surface area contributed by atoms with Gasteiger partial charge >= 0.3 is 5.97 Å². The molecule has 0 bridgehead atoms. The zero-order valence-electron chi connectivity index (χ0n) is 8.34. The predicted octanol–water partition coefficient (Wildman–Crippen LogP) is 1.47. The third kappa shape index (κ3) is 4.27. The topological polar surface area (TPSA) is 38.3 Å². The van der Waals surface area contributed by atoms with Crippen LogP contribution in [0.25, 0.3) is 0 Å². The van der Waals surface area contributed by atoms with E-state index in [1.807, 2.05) is 6.92 Å². The summed E-state index contributed by atoms with van der Waals surface area (Å²) in [6.07, 6.45) is 6.01. The Bertz CT molecular complexity index is 153. The number of carbonyl (C=O) groups excluding carboxylic acids is 1. The molecule has 3 nitrogen and oxygen atoms in total. The molecule has 0 aromatic rings. The van der Waals surface area contributed by atoms with Crippen LogP contribution in [0.2, 0.25) is 0 Å². The van der Waals surface area contributed by atoms with Crippen LogP contribution in [0.4, 0.5) is 0 Å². The smallest absolute Gasteiger partial charge is 0.320 e. The summed E-state index contributed by atoms with van der Waals surface area (Å²) in [5, 5.41) is 2.96. The summed E-state index contributed by atoms with van der Waals surface area (Å²) >= 11 is 0. The number of likely N-dealkylation sites (N-methyl/N-ethyl adjacent to an activating group) is 1. The first kappa shape index (κ1) is 10.5. The van der Waals surface area contributed by atoms with Crippen molar-refractivity contribution in [1.82, 2.24) is 5.32 Å². The zero-order chi connectivity index (χ0) is 9.52. The second-order valence-electron chi connectivity index (χ2n) is 3.53. The maximum absolute atomic E-state index is 11.2. The third-order valence-corrected chi connectivity index (χ3v) is 2.37. The van der Waals surface area contributed by atoms with E-state index in [0.29, 0.717) is 6.54 Å². The van der Waals surface area contributed by atoms with Crippen LogP contribution in [0.15, 0.2) is 0 Å². The SMILES string of the molecule is CCNCC(=O)OC1CCCCC1. The highest BCUT2D eigenvalue weighted by Gasteiger charge is 2.16. The van der Waals surface area contributed by atoms with E-state index in [1.165, 1.54) is 19.3 Å². The van der Waals surface area contributed by atoms with Crippen LogP contribution in [0.5, 0.6) is 0 Å². The number of hydrogen-bond acceptors (Lipinski definition) is 3. The normalized spacial score (nSPS) is 18.5. The second-order valence-corrected chi connectivity index (χ2v) is 3.53. The van der Waals surface area contributed by atoms with E-state index in [2.05, 4.69) is 5.32 Å². The number of nitrogens with one attached hydrogen (secondary N) is 1. The number of rotatable bonds is 4. The molecule has 1 N–H and O–H groups in total. The number of hydrogen-bond donors (Lipinski definition) is 1. The highest BCUT2D eigenvalue weighted by molar-refractivity contribution is 5.71. The van der Waals surface area contributed by atoms with Crippen molar-refractivity contribution in [2.24, 2.45) is 0 Å². The molecule has 1 aliphatic carbocycles. The maximum atomic E-state index is 11.2. The molecule has 0 radical (unpaired) electrons. The van der Waals surface area contributed by atoms with Crippen molar-refractivity contribution in [2.45, 2.75) is 45.1 Å². The molecule has 1 rings (SSSR count). The van der Waals surface area contributed by atoms with Crippen molar-refractivity contribution < 1.29 is 9.53 Å². The quantitative estimate of drug-likeness (QED) is 0.674. The Morgan fingerprint density at radius 3 is 2.69 bits per heavy atom. The molecule has 0 aromatic heterocycles. The Hall–Kier alpha value is -0.570. The van der Waals surface area contributed by atoms with Gasteiger partial charge in [-0.25, -0.2) is 0 Å². The van der Waals surface area contributed by atoms with Crippen LogP contribution in [0, 0.1) is 0 Å². The molecule has 0 spiro atoms. The number of carbonyl (C=O) groups is 1. The number of esters is 1. The van der Waals surface area contributed by atoms with Crippen LogP contribution in [-0.2, 0) is 9.53 Å². The zero-order valence-corrected chi connectivity index (χ0v) is 8.34. The van der Waals surface area contributed by atoms with Crippen molar-refractivity contribution in [3.8, 4) is 0 Å². The summed E-state index contributed by atoms with van der Waals surface area (Å²) in [5.41, 5.74) is 0. The summed E-state index contributed by atoms with van der Waals surface area (Å²) in [4.78, 5) is 11.2. The van der Waals surface area contributed by atoms with Gasteiger partial charge in [0.05, 0.1) is 6.54 Å². The first-order valence-corrected chi connectivity index (χ1v) is 5.23. The molecule has 0 atom stereocenters. The van der Waals surface area contributed by atoms with Gasteiger partial charge in [0.25, 0.3) is 0 Å². The van der Waals surface area contributed by atoms with E-state index in [4.69, 9.17) is 4.74 Å². The lowest BCUT2D eigenvalue weighted by molar-refractivity contribution is -0.149. The van der Waals surface area contributed by atoms with Crippen molar-refractivity contribution in [3.63, 3.8) is 0 Å². The van der Waals surface area contributed by atoms with E-state index in [9.17, 15) is 4.79 Å². The standard InChI is InChI=1S/C10H19NO2/c1-2-11-8-10(12)13-9-6-4-3-5-7-9/h9,11H,2-8H2,1H3. The number of ether oxygens (including phenoxy) is 1. The van der Waals surface area contributed by atoms with Crippen LogP contribution in [-0.4, -0.2) is 25.2 Å². The molecule has 0 saturated heterocycles. The average Bonchev–Trinajstić information content (AvgIpc) is 2.16. The summed E-state index contributed by atoms with van der Waals surface area (Å²) in [7, 11) is 0. The van der Waals surface area contributed by atoms with Crippen molar-refractivity contribution in [3.05, 3.63) is 0 Å². The van der Waals surface area contributed by atoms with Gasteiger partial charge in [-0.05, 0) is 32.2 Å². The third-order valence-electron chi connectivity index (χ3n) is 2.37. The summed E-state index contributed by atoms with van der Waals surface area (Å²) < 4.78 is 5.29. The minimum atomic E-state index is -0.103. The Morgan fingerprint density at radius 1 is 1.38 bits per heavy atom. The fourth-order valence-corrected chi connectivity index (χ4v) is 1.64. The van der Waals surface area contributed by atoms with E-state index in [-0.39, 0.29) is 12.1 Å². The lowest BCUT2D eigenvalue weighted by atomic mass is 9.98. The second kappa shape index (κ2) is 5.97. The molecule has 1 aliphatic rings. The molecule has 0 aliphatic heterocycles. The molecular weight excluding hydrogens is 166 g/mol. The predicted molar refractivity (Wildman–Crippen MR) is 51.5 cm³/mol. The molecule has 13 heavy (non-hydrogen) atoms. The Kier molecular flexibility index (Phi) is 4.83. The first-order valence-electron chi connectivity index (χ1n) is 5.23. The Labute approximate surface area is 79.8 Å². The monoisotopic (exact) mass is 185 g/mol. The van der Waals surface area contributed by atoms with Gasteiger partial charge in [0, 0.05) is 0 Å². The summed E-state index contributed by atoms with van der Waals surface area (Å²) in [6, 6.07) is 0. The molecule has 0 aromatic carbocycles. The van der Waals surface area contributed by atoms with E-state index >= 15 is 0 Å². The van der Waals surface area contributed by atoms with Crippen molar-refractivity contribution >= 4 is 5.97 Å². The van der Waals surface area contributed by atoms with Crippen LogP contribution in [0.3, 0.4) is 0 Å². The molecular formula is C10H19NO2. The Balaban J connectivity index is 2.11. The van der Waals surface area contributed by atoms with Gasteiger partial charge in [0.2, 0.25) is 0 Å². The lowest BCUT2D eigenvalue weighted by Crippen LogP contribution is -2.29. The van der Waals surface area contributed by atoms with E-state index in [1.54, 1.807) is 0 Å². The van der Waals surface area contributed by atoms with Crippen LogP contribution in [0.1, 0.15) is 39.0 Å². The molecule has 0 unspecified atom stereocenters. The van der Waals surface area contributed by atoms with Gasteiger partial charge in [-0.1, -0.05) is 13.3 Å². The Morgan fingerprint density at radius 2 is 2.08 bits per heavy atom. The van der Waals surface area contributed by atoms with Crippen molar-refractivity contribution in [2.75, 3.05) is 13.1 Å². The van der Waals surface area contributed by atoms with Gasteiger partial charge in [-0.3, -0.25) is 4.79 Å². The molecule has 1 fully saturated rings. The fourth-order valence-electron chi connectivity index (χ4n) is 1.64. The van der Waals surface area contributed by atoms with Crippen LogP contribution < -0.4 is 5.32 Å². The summed E-state index contributed by atoms with van der Waals surface area (Å²) in [5.74, 6) is -0.103. The van der Waals surface area contributed by atoms with Gasteiger partial charge in [0.15, 0.2) is 0 Å². The molecule has 0 heterocycles.